The van der Waals surface area contributed by atoms with Gasteiger partial charge in [0.1, 0.15) is 4.60 Å². The number of Topliss-reactive ketones (excluding diaryl/α,β-unsaturated/α-hetero) is 1. The second kappa shape index (κ2) is 5.29. The molecular weight excluding hydrogens is 269 g/mol. The van der Waals surface area contributed by atoms with Crippen LogP contribution in [0.2, 0.25) is 0 Å². The van der Waals surface area contributed by atoms with E-state index < -0.39 is 17.9 Å². The van der Waals surface area contributed by atoms with Gasteiger partial charge in [-0.2, -0.15) is 0 Å². The maximum Gasteiger partial charge on any atom is 0.222 e. The molecule has 0 saturated carbocycles. The molecule has 0 aromatic carbocycles. The number of ether oxygens (including phenoxy) is 2. The van der Waals surface area contributed by atoms with Gasteiger partial charge < -0.3 is 9.47 Å². The number of nitrogens with zero attached hydrogens (tertiary/aromatic N) is 1. The number of methoxy groups -OCH3 is 2. The highest BCUT2D eigenvalue weighted by atomic mass is 79.9. The van der Waals surface area contributed by atoms with Crippen LogP contribution in [0.25, 0.3) is 0 Å². The molecule has 0 atom stereocenters. The minimum absolute atomic E-state index is 0.120. The molecule has 0 saturated heterocycles. The molecule has 1 heterocycles. The topological polar surface area (TPSA) is 48.4 Å². The summed E-state index contributed by atoms with van der Waals surface area (Å²) in [7, 11) is 2.61. The zero-order chi connectivity index (χ0) is 11.4. The average molecular weight is 278 g/mol. The van der Waals surface area contributed by atoms with Gasteiger partial charge in [0.25, 0.3) is 0 Å². The van der Waals surface area contributed by atoms with Crippen molar-refractivity contribution >= 4 is 21.7 Å². The van der Waals surface area contributed by atoms with Gasteiger partial charge in [-0.25, -0.2) is 9.37 Å². The first-order chi connectivity index (χ1) is 7.10. The Kier molecular flexibility index (Phi) is 4.31. The lowest BCUT2D eigenvalue weighted by Gasteiger charge is -2.12. The van der Waals surface area contributed by atoms with E-state index >= 15 is 0 Å². The van der Waals surface area contributed by atoms with Crippen molar-refractivity contribution in [1.82, 2.24) is 4.98 Å². The Balaban J connectivity index is 3.04. The fourth-order valence-electron chi connectivity index (χ4n) is 1.04. The number of pyridine rings is 1. The van der Waals surface area contributed by atoms with Crippen LogP contribution in [0.4, 0.5) is 4.39 Å². The van der Waals surface area contributed by atoms with Crippen LogP contribution in [0.1, 0.15) is 10.4 Å². The molecule has 82 valence electrons. The minimum atomic E-state index is -1.10. The molecule has 4 nitrogen and oxygen atoms in total. The molecule has 15 heavy (non-hydrogen) atoms. The summed E-state index contributed by atoms with van der Waals surface area (Å²) in [6, 6.07) is 1.28. The largest absolute Gasteiger partial charge is 0.349 e. The highest BCUT2D eigenvalue weighted by Crippen LogP contribution is 2.15. The van der Waals surface area contributed by atoms with Gasteiger partial charge in [0.05, 0.1) is 11.8 Å². The lowest BCUT2D eigenvalue weighted by Crippen LogP contribution is -2.25. The number of ketones is 1. The van der Waals surface area contributed by atoms with Gasteiger partial charge in [-0.05, 0) is 22.0 Å². The second-order valence-corrected chi connectivity index (χ2v) is 3.47. The Morgan fingerprint density at radius 2 is 2.13 bits per heavy atom. The Morgan fingerprint density at radius 3 is 2.67 bits per heavy atom. The number of aromatic nitrogens is 1. The monoisotopic (exact) mass is 277 g/mol. The van der Waals surface area contributed by atoms with Crippen LogP contribution in [0.15, 0.2) is 16.9 Å². The summed E-state index contributed by atoms with van der Waals surface area (Å²) in [6.45, 7) is 0. The SMILES string of the molecule is COC(OC)C(=O)c1cc(Br)ncc1F. The van der Waals surface area contributed by atoms with Crippen LogP contribution in [0.5, 0.6) is 0 Å². The fraction of sp³-hybridized carbons (Fsp3) is 0.333. The summed E-state index contributed by atoms with van der Waals surface area (Å²) in [4.78, 5) is 15.3. The van der Waals surface area contributed by atoms with Gasteiger partial charge in [0.2, 0.25) is 12.1 Å². The fourth-order valence-corrected chi connectivity index (χ4v) is 1.37. The maximum absolute atomic E-state index is 13.2. The van der Waals surface area contributed by atoms with Gasteiger partial charge in [-0.1, -0.05) is 0 Å². The molecule has 1 aromatic heterocycles. The lowest BCUT2D eigenvalue weighted by molar-refractivity contribution is -0.0744. The van der Waals surface area contributed by atoms with E-state index in [-0.39, 0.29) is 5.56 Å². The minimum Gasteiger partial charge on any atom is -0.349 e. The molecule has 0 amide bonds. The van der Waals surface area contributed by atoms with Crippen LogP contribution >= 0.6 is 15.9 Å². The maximum atomic E-state index is 13.2. The van der Waals surface area contributed by atoms with Crippen molar-refractivity contribution in [3.63, 3.8) is 0 Å². The highest BCUT2D eigenvalue weighted by Gasteiger charge is 2.22. The third kappa shape index (κ3) is 2.80. The molecule has 6 heteroatoms. The van der Waals surface area contributed by atoms with Gasteiger partial charge in [-0.15, -0.1) is 0 Å². The smallest absolute Gasteiger partial charge is 0.222 e. The number of halogens is 2. The third-order valence-electron chi connectivity index (χ3n) is 1.73. The number of carbonyl (C=O) groups excluding carboxylic acids is 1. The van der Waals surface area contributed by atoms with E-state index in [1.165, 1.54) is 20.3 Å². The first kappa shape index (κ1) is 12.2. The molecule has 0 N–H and O–H groups in total. The van der Waals surface area contributed by atoms with Gasteiger partial charge in [-0.3, -0.25) is 4.79 Å². The Hall–Kier alpha value is -0.850. The summed E-state index contributed by atoms with van der Waals surface area (Å²) in [5, 5.41) is 0. The zero-order valence-electron chi connectivity index (χ0n) is 8.16. The van der Waals surface area contributed by atoms with Crippen molar-refractivity contribution in [3.8, 4) is 0 Å². The summed E-state index contributed by atoms with van der Waals surface area (Å²) in [5.41, 5.74) is -0.120. The van der Waals surface area contributed by atoms with E-state index in [1.54, 1.807) is 0 Å². The number of carbonyl (C=O) groups is 1. The Bertz CT molecular complexity index is 368. The summed E-state index contributed by atoms with van der Waals surface area (Å²) >= 11 is 3.05. The highest BCUT2D eigenvalue weighted by molar-refractivity contribution is 9.10. The molecule has 1 aromatic rings. The van der Waals surface area contributed by atoms with Crippen molar-refractivity contribution in [3.05, 3.63) is 28.2 Å². The number of hydrogen-bond acceptors (Lipinski definition) is 4. The molecule has 0 aliphatic rings. The second-order valence-electron chi connectivity index (χ2n) is 2.65. The van der Waals surface area contributed by atoms with Crippen LogP contribution in [0.3, 0.4) is 0 Å². The molecule has 0 aliphatic carbocycles. The molecule has 0 bridgehead atoms. The zero-order valence-corrected chi connectivity index (χ0v) is 9.75. The molecule has 0 spiro atoms. The van der Waals surface area contributed by atoms with Crippen LogP contribution < -0.4 is 0 Å². The predicted molar refractivity (Wildman–Crippen MR) is 54.0 cm³/mol. The summed E-state index contributed by atoms with van der Waals surface area (Å²) < 4.78 is 23.1. The molecule has 0 radical (unpaired) electrons. The van der Waals surface area contributed by atoms with E-state index in [0.29, 0.717) is 4.60 Å². The van der Waals surface area contributed by atoms with E-state index in [2.05, 4.69) is 20.9 Å². The average Bonchev–Trinajstić information content (AvgIpc) is 2.23. The Morgan fingerprint density at radius 1 is 1.53 bits per heavy atom. The van der Waals surface area contributed by atoms with Crippen molar-refractivity contribution in [2.75, 3.05) is 14.2 Å². The van der Waals surface area contributed by atoms with Crippen molar-refractivity contribution in [2.24, 2.45) is 0 Å². The first-order valence-electron chi connectivity index (χ1n) is 4.01. The van der Waals surface area contributed by atoms with Crippen LogP contribution in [0, 0.1) is 5.82 Å². The lowest BCUT2D eigenvalue weighted by atomic mass is 10.1. The molecule has 0 aliphatic heterocycles. The summed E-state index contributed by atoms with van der Waals surface area (Å²) in [5.74, 6) is -1.29. The van der Waals surface area contributed by atoms with E-state index in [0.717, 1.165) is 6.20 Å². The number of hydrogen-bond donors (Lipinski definition) is 0. The standard InChI is InChI=1S/C9H9BrFNO3/c1-14-9(15-2)8(13)5-3-7(10)12-4-6(5)11/h3-4,9H,1-2H3. The summed E-state index contributed by atoms with van der Waals surface area (Å²) in [6.07, 6.45) is -0.145. The van der Waals surface area contributed by atoms with Gasteiger partial charge in [0.15, 0.2) is 5.82 Å². The van der Waals surface area contributed by atoms with Crippen LogP contribution in [-0.2, 0) is 9.47 Å². The van der Waals surface area contributed by atoms with Crippen LogP contribution in [-0.4, -0.2) is 31.3 Å². The number of rotatable bonds is 4. The predicted octanol–water partition coefficient (Wildman–Crippen LogP) is 1.78. The first-order valence-corrected chi connectivity index (χ1v) is 4.80. The third-order valence-corrected chi connectivity index (χ3v) is 2.16. The van der Waals surface area contributed by atoms with Crippen molar-refractivity contribution < 1.29 is 18.7 Å². The normalized spacial score (nSPS) is 10.7. The van der Waals surface area contributed by atoms with E-state index in [9.17, 15) is 9.18 Å². The van der Waals surface area contributed by atoms with Crippen molar-refractivity contribution in [2.45, 2.75) is 6.29 Å². The molecule has 0 unspecified atom stereocenters. The van der Waals surface area contributed by atoms with Crippen molar-refractivity contribution in [1.29, 1.82) is 0 Å². The molecular formula is C9H9BrFNO3. The molecule has 0 fully saturated rings. The van der Waals surface area contributed by atoms with Gasteiger partial charge in [0, 0.05) is 14.2 Å². The Labute approximate surface area is 94.5 Å². The molecule has 1 rings (SSSR count). The van der Waals surface area contributed by atoms with E-state index in [1.807, 2.05) is 0 Å². The quantitative estimate of drug-likeness (QED) is 0.478. The van der Waals surface area contributed by atoms with E-state index in [4.69, 9.17) is 9.47 Å². The van der Waals surface area contributed by atoms with Gasteiger partial charge >= 0.3 is 0 Å².